The molecule has 0 aliphatic rings. The average molecular weight is 215 g/mol. The highest BCUT2D eigenvalue weighted by Gasteiger charge is 2.13. The number of hydrogen-bond acceptors (Lipinski definition) is 2. The van der Waals surface area contributed by atoms with Gasteiger partial charge in [-0.15, -0.1) is 0 Å². The van der Waals surface area contributed by atoms with Crippen LogP contribution in [0.2, 0.25) is 5.02 Å². The molecular formula is C10H11ClO3. The van der Waals surface area contributed by atoms with Crippen LogP contribution in [0, 0.1) is 13.8 Å². The van der Waals surface area contributed by atoms with Gasteiger partial charge in [0.05, 0.1) is 11.4 Å². The molecule has 0 aliphatic heterocycles. The SMILES string of the molecule is Cc1cc(O)c(Cl)c(C)c1CC(=O)O. The normalized spacial score (nSPS) is 10.2. The van der Waals surface area contributed by atoms with Gasteiger partial charge in [0.2, 0.25) is 0 Å². The van der Waals surface area contributed by atoms with Gasteiger partial charge in [-0.1, -0.05) is 11.6 Å². The Bertz CT molecular complexity index is 385. The van der Waals surface area contributed by atoms with Gasteiger partial charge < -0.3 is 10.2 Å². The van der Waals surface area contributed by atoms with Crippen LogP contribution in [0.1, 0.15) is 16.7 Å². The predicted octanol–water partition coefficient (Wildman–Crippen LogP) is 2.29. The number of aliphatic carboxylic acids is 1. The van der Waals surface area contributed by atoms with Crippen LogP contribution in [0.25, 0.3) is 0 Å². The summed E-state index contributed by atoms with van der Waals surface area (Å²) in [6, 6.07) is 1.48. The first kappa shape index (κ1) is 10.9. The third-order valence-electron chi connectivity index (χ3n) is 2.16. The molecule has 76 valence electrons. The van der Waals surface area contributed by atoms with E-state index in [1.54, 1.807) is 13.8 Å². The topological polar surface area (TPSA) is 57.5 Å². The third-order valence-corrected chi connectivity index (χ3v) is 2.64. The van der Waals surface area contributed by atoms with Gasteiger partial charge in [0, 0.05) is 0 Å². The molecule has 0 atom stereocenters. The maximum absolute atomic E-state index is 10.6. The number of carbonyl (C=O) groups is 1. The number of aryl methyl sites for hydroxylation is 1. The Morgan fingerprint density at radius 1 is 1.50 bits per heavy atom. The van der Waals surface area contributed by atoms with Crippen LogP contribution in [0.5, 0.6) is 5.75 Å². The van der Waals surface area contributed by atoms with Gasteiger partial charge in [0.25, 0.3) is 0 Å². The van der Waals surface area contributed by atoms with Crippen molar-refractivity contribution in [1.29, 1.82) is 0 Å². The lowest BCUT2D eigenvalue weighted by atomic mass is 9.99. The summed E-state index contributed by atoms with van der Waals surface area (Å²) in [6.07, 6.45) is -0.0718. The summed E-state index contributed by atoms with van der Waals surface area (Å²) in [4.78, 5) is 10.6. The largest absolute Gasteiger partial charge is 0.506 e. The fourth-order valence-corrected chi connectivity index (χ4v) is 1.57. The van der Waals surface area contributed by atoms with Gasteiger partial charge in [0.15, 0.2) is 0 Å². The van der Waals surface area contributed by atoms with Gasteiger partial charge in [-0.2, -0.15) is 0 Å². The maximum Gasteiger partial charge on any atom is 0.307 e. The number of phenols is 1. The van der Waals surface area contributed by atoms with Crippen LogP contribution in [0.4, 0.5) is 0 Å². The minimum absolute atomic E-state index is 0.00388. The molecule has 0 aliphatic carbocycles. The summed E-state index contributed by atoms with van der Waals surface area (Å²) in [6.45, 7) is 3.45. The zero-order valence-corrected chi connectivity index (χ0v) is 8.72. The Balaban J connectivity index is 3.29. The van der Waals surface area contributed by atoms with Crippen molar-refractivity contribution >= 4 is 17.6 Å². The Hall–Kier alpha value is -1.22. The number of hydrogen-bond donors (Lipinski definition) is 2. The molecule has 3 nitrogen and oxygen atoms in total. The van der Waals surface area contributed by atoms with Gasteiger partial charge >= 0.3 is 5.97 Å². The summed E-state index contributed by atoms with van der Waals surface area (Å²) in [7, 11) is 0. The van der Waals surface area contributed by atoms with Gasteiger partial charge in [-0.25, -0.2) is 0 Å². The second-order valence-corrected chi connectivity index (χ2v) is 3.58. The van der Waals surface area contributed by atoms with E-state index >= 15 is 0 Å². The van der Waals surface area contributed by atoms with E-state index in [0.717, 1.165) is 5.56 Å². The second kappa shape index (κ2) is 3.88. The van der Waals surface area contributed by atoms with Crippen molar-refractivity contribution in [2.24, 2.45) is 0 Å². The summed E-state index contributed by atoms with van der Waals surface area (Å²) in [5.74, 6) is -0.909. The van der Waals surface area contributed by atoms with Crippen LogP contribution in [0.3, 0.4) is 0 Å². The monoisotopic (exact) mass is 214 g/mol. The van der Waals surface area contributed by atoms with E-state index < -0.39 is 5.97 Å². The van der Waals surface area contributed by atoms with Crippen molar-refractivity contribution in [3.05, 3.63) is 27.8 Å². The number of phenolic OH excluding ortho intramolecular Hbond substituents is 1. The molecule has 0 aromatic heterocycles. The van der Waals surface area contributed by atoms with Crippen molar-refractivity contribution in [3.63, 3.8) is 0 Å². The van der Waals surface area contributed by atoms with Gasteiger partial charge in [-0.3, -0.25) is 4.79 Å². The molecule has 0 unspecified atom stereocenters. The molecule has 0 fully saturated rings. The standard InChI is InChI=1S/C10H11ClO3/c1-5-3-8(12)10(11)6(2)7(5)4-9(13)14/h3,12H,4H2,1-2H3,(H,13,14). The maximum atomic E-state index is 10.6. The number of carboxylic acid groups (broad SMARTS) is 1. The molecule has 0 saturated heterocycles. The first-order valence-corrected chi connectivity index (χ1v) is 4.50. The molecule has 0 bridgehead atoms. The highest BCUT2D eigenvalue weighted by atomic mass is 35.5. The molecule has 0 heterocycles. The molecule has 14 heavy (non-hydrogen) atoms. The molecule has 4 heteroatoms. The molecule has 1 aromatic carbocycles. The zero-order chi connectivity index (χ0) is 10.9. The van der Waals surface area contributed by atoms with Crippen molar-refractivity contribution in [2.75, 3.05) is 0 Å². The lowest BCUT2D eigenvalue weighted by molar-refractivity contribution is -0.136. The fraction of sp³-hybridized carbons (Fsp3) is 0.300. The summed E-state index contributed by atoms with van der Waals surface area (Å²) in [5.41, 5.74) is 2.04. The molecule has 0 spiro atoms. The predicted molar refractivity (Wildman–Crippen MR) is 53.9 cm³/mol. The highest BCUT2D eigenvalue weighted by Crippen LogP contribution is 2.31. The van der Waals surface area contributed by atoms with Crippen LogP contribution >= 0.6 is 11.6 Å². The minimum atomic E-state index is -0.905. The Morgan fingerprint density at radius 3 is 2.57 bits per heavy atom. The zero-order valence-electron chi connectivity index (χ0n) is 7.97. The summed E-state index contributed by atoms with van der Waals surface area (Å²) < 4.78 is 0. The third kappa shape index (κ3) is 1.99. The van der Waals surface area contributed by atoms with E-state index in [2.05, 4.69) is 0 Å². The Kier molecular flexibility index (Phi) is 3.01. The molecule has 0 saturated carbocycles. The van der Waals surface area contributed by atoms with Crippen LogP contribution in [0.15, 0.2) is 6.07 Å². The van der Waals surface area contributed by atoms with Crippen LogP contribution < -0.4 is 0 Å². The van der Waals surface area contributed by atoms with Crippen molar-refractivity contribution in [2.45, 2.75) is 20.3 Å². The fourth-order valence-electron chi connectivity index (χ4n) is 1.40. The first-order valence-electron chi connectivity index (χ1n) is 4.12. The van der Waals surface area contributed by atoms with Crippen molar-refractivity contribution < 1.29 is 15.0 Å². The number of benzene rings is 1. The van der Waals surface area contributed by atoms with E-state index in [0.29, 0.717) is 11.1 Å². The molecule has 2 N–H and O–H groups in total. The minimum Gasteiger partial charge on any atom is -0.506 e. The first-order chi connectivity index (χ1) is 6.43. The average Bonchev–Trinajstić information content (AvgIpc) is 2.09. The van der Waals surface area contributed by atoms with E-state index in [4.69, 9.17) is 16.7 Å². The Labute approximate surface area is 86.9 Å². The summed E-state index contributed by atoms with van der Waals surface area (Å²) >= 11 is 5.80. The molecular weight excluding hydrogens is 204 g/mol. The van der Waals surface area contributed by atoms with Gasteiger partial charge in [-0.05, 0) is 36.6 Å². The number of aromatic hydroxyl groups is 1. The van der Waals surface area contributed by atoms with Crippen molar-refractivity contribution in [1.82, 2.24) is 0 Å². The number of carboxylic acids is 1. The lowest BCUT2D eigenvalue weighted by Crippen LogP contribution is -2.04. The lowest BCUT2D eigenvalue weighted by Gasteiger charge is -2.10. The molecule has 0 amide bonds. The van der Waals surface area contributed by atoms with E-state index in [-0.39, 0.29) is 17.2 Å². The quantitative estimate of drug-likeness (QED) is 0.794. The van der Waals surface area contributed by atoms with E-state index in [9.17, 15) is 9.90 Å². The van der Waals surface area contributed by atoms with Crippen LogP contribution in [-0.4, -0.2) is 16.2 Å². The van der Waals surface area contributed by atoms with Crippen LogP contribution in [-0.2, 0) is 11.2 Å². The smallest absolute Gasteiger partial charge is 0.307 e. The number of rotatable bonds is 2. The highest BCUT2D eigenvalue weighted by molar-refractivity contribution is 6.32. The van der Waals surface area contributed by atoms with E-state index in [1.807, 2.05) is 0 Å². The molecule has 0 radical (unpaired) electrons. The molecule has 1 rings (SSSR count). The second-order valence-electron chi connectivity index (χ2n) is 3.20. The Morgan fingerprint density at radius 2 is 2.07 bits per heavy atom. The number of halogens is 1. The summed E-state index contributed by atoms with van der Waals surface area (Å²) in [5, 5.41) is 18.3. The van der Waals surface area contributed by atoms with Gasteiger partial charge in [0.1, 0.15) is 5.75 Å². The van der Waals surface area contributed by atoms with Crippen molar-refractivity contribution in [3.8, 4) is 5.75 Å². The van der Waals surface area contributed by atoms with E-state index in [1.165, 1.54) is 6.07 Å². The molecule has 1 aromatic rings.